The molecule has 1 aromatic heterocycles. The molecule has 5 nitrogen and oxygen atoms in total. The molecule has 1 fully saturated rings. The Hall–Kier alpha value is -1.11. The summed E-state index contributed by atoms with van der Waals surface area (Å²) in [5.74, 6) is -2.07. The van der Waals surface area contributed by atoms with Crippen LogP contribution in [0.4, 0.5) is 8.78 Å². The summed E-state index contributed by atoms with van der Waals surface area (Å²) in [6.45, 7) is -0.00333. The van der Waals surface area contributed by atoms with E-state index in [9.17, 15) is 22.5 Å². The van der Waals surface area contributed by atoms with Crippen molar-refractivity contribution >= 4 is 25.8 Å². The van der Waals surface area contributed by atoms with Crippen LogP contribution in [0.15, 0.2) is 16.7 Å². The minimum Gasteiger partial charge on any atom is -0.319 e. The van der Waals surface area contributed by atoms with E-state index in [0.29, 0.717) is 17.4 Å². The van der Waals surface area contributed by atoms with Gasteiger partial charge in [0, 0.05) is 0 Å². The normalized spacial score (nSPS) is 20.3. The van der Waals surface area contributed by atoms with Crippen molar-refractivity contribution in [2.45, 2.75) is 30.1 Å². The molecule has 2 N–H and O–H groups in total. The molecule has 0 saturated heterocycles. The van der Waals surface area contributed by atoms with Gasteiger partial charge in [0.05, 0.1) is 23.1 Å². The van der Waals surface area contributed by atoms with Crippen molar-refractivity contribution < 1.29 is 17.2 Å². The quantitative estimate of drug-likeness (QED) is 0.729. The minimum atomic E-state index is -4.24. The zero-order valence-electron chi connectivity index (χ0n) is 12.4. The molecular weight excluding hydrogens is 392 g/mol. The summed E-state index contributed by atoms with van der Waals surface area (Å²) in [4.78, 5) is 3.90. The third-order valence-corrected chi connectivity index (χ3v) is 7.09. The van der Waals surface area contributed by atoms with E-state index in [-0.39, 0.29) is 5.69 Å². The van der Waals surface area contributed by atoms with Crippen LogP contribution in [0.3, 0.4) is 0 Å². The van der Waals surface area contributed by atoms with Gasteiger partial charge in [-0.25, -0.2) is 22.2 Å². The Bertz CT molecular complexity index is 760. The van der Waals surface area contributed by atoms with Crippen molar-refractivity contribution in [2.75, 3.05) is 12.4 Å². The number of alkyl halides is 1. The lowest BCUT2D eigenvalue weighted by Gasteiger charge is -2.30. The number of hydrogen-bond acceptors (Lipinski definition) is 5. The Balaban J connectivity index is 2.43. The Morgan fingerprint density at radius 3 is 2.61 bits per heavy atom. The number of halogens is 3. The number of nitrogens with two attached hydrogens (primary N) is 1. The highest BCUT2D eigenvalue weighted by Gasteiger charge is 2.57. The van der Waals surface area contributed by atoms with E-state index in [0.717, 1.165) is 6.07 Å². The fraction of sp³-hybridized carbons (Fsp3) is 0.571. The maximum Gasteiger partial charge on any atom is 0.189 e. The van der Waals surface area contributed by atoms with Crippen LogP contribution in [0.5, 0.6) is 0 Å². The second-order valence-corrected chi connectivity index (χ2v) is 9.11. The third-order valence-electron chi connectivity index (χ3n) is 4.02. The molecule has 9 heteroatoms. The van der Waals surface area contributed by atoms with E-state index in [1.165, 1.54) is 13.0 Å². The molecule has 23 heavy (non-hydrogen) atoms. The Morgan fingerprint density at radius 2 is 2.13 bits per heavy atom. The lowest BCUT2D eigenvalue weighted by Crippen LogP contribution is -2.51. The monoisotopic (exact) mass is 407 g/mol. The molecule has 1 aliphatic carbocycles. The number of hydrogen-bond donors (Lipinski definition) is 1. The predicted octanol–water partition coefficient (Wildman–Crippen LogP) is 2.21. The van der Waals surface area contributed by atoms with Gasteiger partial charge in [-0.05, 0) is 53.7 Å². The summed E-state index contributed by atoms with van der Waals surface area (Å²) in [6, 6.07) is 4.09. The van der Waals surface area contributed by atoms with E-state index >= 15 is 0 Å². The standard InChI is InChI=1S/C14H16BrF2N3O2S/c1-13(19,12-10(17)4-5-11(15)20-12)8-23(21,22)14(6-16,7-18)9-2-3-9/h4-5,9H,2-3,6,8,19H2,1H3/t13-,14?/m0/s1. The van der Waals surface area contributed by atoms with Crippen LogP contribution in [-0.4, -0.2) is 30.6 Å². The van der Waals surface area contributed by atoms with E-state index < -0.39 is 44.3 Å². The molecule has 1 saturated carbocycles. The fourth-order valence-electron chi connectivity index (χ4n) is 2.60. The van der Waals surface area contributed by atoms with Gasteiger partial charge in [0.1, 0.15) is 17.1 Å². The van der Waals surface area contributed by atoms with Crippen molar-refractivity contribution in [1.82, 2.24) is 4.98 Å². The number of aromatic nitrogens is 1. The first kappa shape index (κ1) is 18.2. The summed E-state index contributed by atoms with van der Waals surface area (Å²) in [7, 11) is -4.24. The van der Waals surface area contributed by atoms with Crippen LogP contribution in [-0.2, 0) is 15.4 Å². The summed E-state index contributed by atoms with van der Waals surface area (Å²) in [5, 5.41) is 9.28. The highest BCUT2D eigenvalue weighted by atomic mass is 79.9. The predicted molar refractivity (Wildman–Crippen MR) is 84.3 cm³/mol. The van der Waals surface area contributed by atoms with Gasteiger partial charge >= 0.3 is 0 Å². The lowest BCUT2D eigenvalue weighted by atomic mass is 10.0. The number of pyridine rings is 1. The largest absolute Gasteiger partial charge is 0.319 e. The molecule has 2 rings (SSSR count). The first-order valence-electron chi connectivity index (χ1n) is 6.90. The summed E-state index contributed by atoms with van der Waals surface area (Å²) in [6.07, 6.45) is 0.947. The van der Waals surface area contributed by atoms with Gasteiger partial charge in [-0.15, -0.1) is 0 Å². The van der Waals surface area contributed by atoms with Crippen LogP contribution >= 0.6 is 15.9 Å². The first-order chi connectivity index (χ1) is 10.6. The van der Waals surface area contributed by atoms with Gasteiger partial charge in [0.15, 0.2) is 14.6 Å². The van der Waals surface area contributed by atoms with Crippen LogP contribution in [0.25, 0.3) is 0 Å². The number of nitriles is 1. The SMILES string of the molecule is C[C@](N)(CS(=O)(=O)C(C#N)(CF)C1CC1)c1nc(Br)ccc1F. The molecule has 1 aromatic rings. The van der Waals surface area contributed by atoms with Crippen LogP contribution in [0.2, 0.25) is 0 Å². The van der Waals surface area contributed by atoms with Gasteiger partial charge in [-0.3, -0.25) is 0 Å². The van der Waals surface area contributed by atoms with E-state index in [1.807, 2.05) is 0 Å². The molecule has 1 unspecified atom stereocenters. The number of sulfone groups is 1. The molecule has 0 amide bonds. The van der Waals surface area contributed by atoms with Crippen molar-refractivity contribution in [3.05, 3.63) is 28.2 Å². The maximum atomic E-state index is 14.0. The molecule has 1 heterocycles. The van der Waals surface area contributed by atoms with Gasteiger partial charge < -0.3 is 5.73 Å². The van der Waals surface area contributed by atoms with Gasteiger partial charge in [-0.1, -0.05) is 0 Å². The number of nitrogens with zero attached hydrogens (tertiary/aromatic N) is 2. The van der Waals surface area contributed by atoms with Gasteiger partial charge in [0.25, 0.3) is 0 Å². The molecule has 2 atom stereocenters. The molecule has 126 valence electrons. The highest BCUT2D eigenvalue weighted by Crippen LogP contribution is 2.45. The van der Waals surface area contributed by atoms with E-state index in [1.54, 1.807) is 6.07 Å². The maximum absolute atomic E-state index is 14.0. The van der Waals surface area contributed by atoms with Crippen molar-refractivity contribution in [3.8, 4) is 6.07 Å². The first-order valence-corrected chi connectivity index (χ1v) is 9.35. The second-order valence-electron chi connectivity index (χ2n) is 6.05. The molecule has 0 aromatic carbocycles. The fourth-order valence-corrected chi connectivity index (χ4v) is 5.14. The molecule has 0 radical (unpaired) electrons. The third kappa shape index (κ3) is 3.25. The van der Waals surface area contributed by atoms with Crippen LogP contribution < -0.4 is 5.73 Å². The highest BCUT2D eigenvalue weighted by molar-refractivity contribution is 9.10. The summed E-state index contributed by atoms with van der Waals surface area (Å²) >= 11 is 3.07. The van der Waals surface area contributed by atoms with Gasteiger partial charge in [0.2, 0.25) is 0 Å². The van der Waals surface area contributed by atoms with E-state index in [2.05, 4.69) is 20.9 Å². The lowest BCUT2D eigenvalue weighted by molar-refractivity contribution is 0.390. The topological polar surface area (TPSA) is 96.8 Å². The van der Waals surface area contributed by atoms with Gasteiger partial charge in [-0.2, -0.15) is 5.26 Å². The Morgan fingerprint density at radius 1 is 1.52 bits per heavy atom. The summed E-state index contributed by atoms with van der Waals surface area (Å²) in [5.41, 5.74) is 4.04. The second kappa shape index (κ2) is 6.07. The zero-order valence-corrected chi connectivity index (χ0v) is 14.8. The van der Waals surface area contributed by atoms with E-state index in [4.69, 9.17) is 5.73 Å². The molecule has 0 bridgehead atoms. The van der Waals surface area contributed by atoms with Crippen molar-refractivity contribution in [3.63, 3.8) is 0 Å². The zero-order chi connectivity index (χ0) is 17.5. The molecule has 0 aliphatic heterocycles. The van der Waals surface area contributed by atoms with Crippen LogP contribution in [0.1, 0.15) is 25.5 Å². The van der Waals surface area contributed by atoms with Crippen molar-refractivity contribution in [2.24, 2.45) is 11.7 Å². The van der Waals surface area contributed by atoms with Crippen LogP contribution in [0, 0.1) is 23.1 Å². The minimum absolute atomic E-state index is 0.253. The van der Waals surface area contributed by atoms with Crippen molar-refractivity contribution in [1.29, 1.82) is 5.26 Å². The Kier molecular flexibility index (Phi) is 4.81. The Labute approximate surface area is 141 Å². The average molecular weight is 408 g/mol. The average Bonchev–Trinajstić information content (AvgIpc) is 3.27. The molecule has 0 spiro atoms. The number of rotatable bonds is 6. The molecular formula is C14H16BrF2N3O2S. The molecule has 1 aliphatic rings. The summed E-state index contributed by atoms with van der Waals surface area (Å²) < 4.78 is 51.0. The smallest absolute Gasteiger partial charge is 0.189 e.